The second-order valence-corrected chi connectivity index (χ2v) is 6.22. The number of phenolic OH excluding ortho intramolecular Hbond substituents is 1. The Kier molecular flexibility index (Phi) is 4.95. The first-order valence-corrected chi connectivity index (χ1v) is 8.09. The third-order valence-corrected chi connectivity index (χ3v) is 4.95. The molecule has 3 unspecified atom stereocenters. The average molecular weight is 265 g/mol. The number of aromatic hydroxyl groups is 1. The predicted molar refractivity (Wildman–Crippen MR) is 79.2 cm³/mol. The third-order valence-electron chi connectivity index (χ3n) is 3.86. The van der Waals surface area contributed by atoms with Crippen molar-refractivity contribution in [3.05, 3.63) is 29.8 Å². The van der Waals surface area contributed by atoms with Crippen molar-refractivity contribution < 1.29 is 5.11 Å². The fourth-order valence-electron chi connectivity index (χ4n) is 2.75. The zero-order chi connectivity index (χ0) is 13.0. The molecule has 1 aliphatic carbocycles. The van der Waals surface area contributed by atoms with Crippen molar-refractivity contribution in [2.45, 2.75) is 49.9 Å². The molecule has 1 aliphatic rings. The van der Waals surface area contributed by atoms with Crippen LogP contribution in [0.2, 0.25) is 0 Å². The van der Waals surface area contributed by atoms with Crippen molar-refractivity contribution in [1.29, 1.82) is 0 Å². The fourth-order valence-corrected chi connectivity index (χ4v) is 3.54. The lowest BCUT2D eigenvalue weighted by Crippen LogP contribution is -2.30. The Bertz CT molecular complexity index is 365. The number of nitrogens with one attached hydrogen (secondary N) is 1. The monoisotopic (exact) mass is 265 g/mol. The average Bonchev–Trinajstić information content (AvgIpc) is 2.85. The lowest BCUT2D eigenvalue weighted by Gasteiger charge is -2.22. The molecule has 0 aliphatic heterocycles. The molecule has 1 aromatic carbocycles. The van der Waals surface area contributed by atoms with E-state index in [1.54, 1.807) is 12.1 Å². The van der Waals surface area contributed by atoms with Crippen LogP contribution in [0.1, 0.15) is 44.2 Å². The molecule has 0 saturated heterocycles. The molecule has 2 nitrogen and oxygen atoms in total. The van der Waals surface area contributed by atoms with Crippen LogP contribution in [0.25, 0.3) is 0 Å². The predicted octanol–water partition coefficient (Wildman–Crippen LogP) is 3.72. The SMILES string of the molecule is CCC(NC1CCC(SC)C1)c1ccc(O)cc1. The molecule has 3 heteroatoms. The Balaban J connectivity index is 1.95. The van der Waals surface area contributed by atoms with Gasteiger partial charge in [-0.05, 0) is 49.6 Å². The van der Waals surface area contributed by atoms with Gasteiger partial charge in [-0.25, -0.2) is 0 Å². The van der Waals surface area contributed by atoms with Gasteiger partial charge in [0.1, 0.15) is 5.75 Å². The van der Waals surface area contributed by atoms with Crippen LogP contribution >= 0.6 is 11.8 Å². The molecule has 100 valence electrons. The van der Waals surface area contributed by atoms with E-state index in [1.807, 2.05) is 23.9 Å². The standard InChI is InChI=1S/C15H23NOS/c1-3-15(11-4-7-13(17)8-5-11)16-12-6-9-14(10-12)18-2/h4-5,7-8,12,14-17H,3,6,9-10H2,1-2H3. The van der Waals surface area contributed by atoms with Gasteiger partial charge in [0.05, 0.1) is 0 Å². The van der Waals surface area contributed by atoms with Gasteiger partial charge in [0.2, 0.25) is 0 Å². The summed E-state index contributed by atoms with van der Waals surface area (Å²) in [6, 6.07) is 8.67. The molecule has 0 heterocycles. The number of benzene rings is 1. The van der Waals surface area contributed by atoms with Crippen molar-refractivity contribution in [2.24, 2.45) is 0 Å². The van der Waals surface area contributed by atoms with Crippen molar-refractivity contribution in [2.75, 3.05) is 6.26 Å². The Morgan fingerprint density at radius 3 is 2.61 bits per heavy atom. The van der Waals surface area contributed by atoms with E-state index >= 15 is 0 Å². The van der Waals surface area contributed by atoms with E-state index in [4.69, 9.17) is 0 Å². The van der Waals surface area contributed by atoms with E-state index in [1.165, 1.54) is 24.8 Å². The highest BCUT2D eigenvalue weighted by Gasteiger charge is 2.25. The first kappa shape index (κ1) is 13.8. The molecule has 18 heavy (non-hydrogen) atoms. The molecule has 1 fully saturated rings. The van der Waals surface area contributed by atoms with Gasteiger partial charge in [-0.3, -0.25) is 0 Å². The minimum Gasteiger partial charge on any atom is -0.508 e. The summed E-state index contributed by atoms with van der Waals surface area (Å²) in [4.78, 5) is 0. The van der Waals surface area contributed by atoms with E-state index in [0.29, 0.717) is 17.8 Å². The summed E-state index contributed by atoms with van der Waals surface area (Å²) >= 11 is 2.00. The topological polar surface area (TPSA) is 32.3 Å². The van der Waals surface area contributed by atoms with E-state index < -0.39 is 0 Å². The molecular formula is C15H23NOS. The Morgan fingerprint density at radius 2 is 2.06 bits per heavy atom. The highest BCUT2D eigenvalue weighted by molar-refractivity contribution is 7.99. The van der Waals surface area contributed by atoms with Crippen molar-refractivity contribution in [3.8, 4) is 5.75 Å². The van der Waals surface area contributed by atoms with E-state index in [-0.39, 0.29) is 0 Å². The van der Waals surface area contributed by atoms with Crippen LogP contribution in [0.15, 0.2) is 24.3 Å². The maximum Gasteiger partial charge on any atom is 0.115 e. The van der Waals surface area contributed by atoms with Crippen LogP contribution < -0.4 is 5.32 Å². The van der Waals surface area contributed by atoms with Crippen molar-refractivity contribution >= 4 is 11.8 Å². The molecule has 1 saturated carbocycles. The zero-order valence-corrected chi connectivity index (χ0v) is 12.0. The number of thioether (sulfide) groups is 1. The Labute approximate surface area is 114 Å². The van der Waals surface area contributed by atoms with E-state index in [0.717, 1.165) is 11.7 Å². The smallest absolute Gasteiger partial charge is 0.115 e. The third kappa shape index (κ3) is 3.42. The van der Waals surface area contributed by atoms with Gasteiger partial charge in [0, 0.05) is 17.3 Å². The van der Waals surface area contributed by atoms with Gasteiger partial charge in [-0.2, -0.15) is 11.8 Å². The maximum atomic E-state index is 9.34. The first-order valence-electron chi connectivity index (χ1n) is 6.80. The summed E-state index contributed by atoms with van der Waals surface area (Å²) in [6.07, 6.45) is 7.22. The lowest BCUT2D eigenvalue weighted by atomic mass is 10.0. The molecule has 0 aromatic heterocycles. The van der Waals surface area contributed by atoms with Crippen LogP contribution in [-0.2, 0) is 0 Å². The molecule has 0 spiro atoms. The lowest BCUT2D eigenvalue weighted by molar-refractivity contribution is 0.430. The summed E-state index contributed by atoms with van der Waals surface area (Å²) in [6.45, 7) is 2.21. The summed E-state index contributed by atoms with van der Waals surface area (Å²) in [7, 11) is 0. The van der Waals surface area contributed by atoms with Gasteiger partial charge >= 0.3 is 0 Å². The minimum absolute atomic E-state index is 0.344. The summed E-state index contributed by atoms with van der Waals surface area (Å²) in [5.74, 6) is 0.344. The van der Waals surface area contributed by atoms with Crippen LogP contribution in [-0.4, -0.2) is 22.7 Å². The molecule has 2 N–H and O–H groups in total. The van der Waals surface area contributed by atoms with Gasteiger partial charge in [0.25, 0.3) is 0 Å². The Hall–Kier alpha value is -0.670. The Morgan fingerprint density at radius 1 is 1.33 bits per heavy atom. The normalized spacial score (nSPS) is 25.2. The molecule has 2 rings (SSSR count). The summed E-state index contributed by atoms with van der Waals surface area (Å²) < 4.78 is 0. The number of hydrogen-bond acceptors (Lipinski definition) is 3. The fraction of sp³-hybridized carbons (Fsp3) is 0.600. The van der Waals surface area contributed by atoms with Crippen LogP contribution in [0.3, 0.4) is 0 Å². The molecule has 3 atom stereocenters. The van der Waals surface area contributed by atoms with Gasteiger partial charge in [0.15, 0.2) is 0 Å². The van der Waals surface area contributed by atoms with Crippen LogP contribution in [0.5, 0.6) is 5.75 Å². The van der Waals surface area contributed by atoms with E-state index in [9.17, 15) is 5.11 Å². The van der Waals surface area contributed by atoms with Crippen molar-refractivity contribution in [3.63, 3.8) is 0 Å². The molecule has 1 aromatic rings. The second-order valence-electron chi connectivity index (χ2n) is 5.09. The zero-order valence-electron chi connectivity index (χ0n) is 11.2. The van der Waals surface area contributed by atoms with Crippen LogP contribution in [0.4, 0.5) is 0 Å². The number of hydrogen-bond donors (Lipinski definition) is 2. The summed E-state index contributed by atoms with van der Waals surface area (Å²) in [5.41, 5.74) is 1.28. The van der Waals surface area contributed by atoms with E-state index in [2.05, 4.69) is 18.5 Å². The van der Waals surface area contributed by atoms with Crippen LogP contribution in [0, 0.1) is 0 Å². The second kappa shape index (κ2) is 6.48. The van der Waals surface area contributed by atoms with Gasteiger partial charge in [-0.1, -0.05) is 19.1 Å². The molecule has 0 amide bonds. The summed E-state index contributed by atoms with van der Waals surface area (Å²) in [5, 5.41) is 13.9. The minimum atomic E-state index is 0.344. The molecular weight excluding hydrogens is 242 g/mol. The van der Waals surface area contributed by atoms with Gasteiger partial charge in [-0.15, -0.1) is 0 Å². The number of rotatable bonds is 5. The number of phenols is 1. The molecule has 0 bridgehead atoms. The van der Waals surface area contributed by atoms with Gasteiger partial charge < -0.3 is 10.4 Å². The largest absolute Gasteiger partial charge is 0.508 e. The highest BCUT2D eigenvalue weighted by atomic mass is 32.2. The first-order chi connectivity index (χ1) is 8.72. The van der Waals surface area contributed by atoms with Crippen molar-refractivity contribution in [1.82, 2.24) is 5.32 Å². The maximum absolute atomic E-state index is 9.34. The quantitative estimate of drug-likeness (QED) is 0.851. The molecule has 0 radical (unpaired) electrons. The highest BCUT2D eigenvalue weighted by Crippen LogP contribution is 2.30.